The number of aromatic nitrogens is 2. The predicted molar refractivity (Wildman–Crippen MR) is 127 cm³/mol. The van der Waals surface area contributed by atoms with Crippen LogP contribution in [0.4, 0.5) is 4.79 Å². The SMILES string of the molecule is COc1ccc(C[C@@H](NC(=O)N[C@@H](C)c2ccc(Cl)cc2)c2nc3ccccc3[nH]2)cc1. The quantitative estimate of drug-likeness (QED) is 0.346. The minimum absolute atomic E-state index is 0.176. The van der Waals surface area contributed by atoms with Crippen LogP contribution in [-0.2, 0) is 6.42 Å². The number of H-pyrrole nitrogens is 1. The van der Waals surface area contributed by atoms with E-state index in [1.165, 1.54) is 0 Å². The first-order chi connectivity index (χ1) is 15.5. The number of para-hydroxylation sites is 2. The van der Waals surface area contributed by atoms with Crippen molar-refractivity contribution in [1.82, 2.24) is 20.6 Å². The summed E-state index contributed by atoms with van der Waals surface area (Å²) >= 11 is 5.97. The molecule has 0 aliphatic heterocycles. The number of benzene rings is 3. The molecule has 0 saturated carbocycles. The number of carbonyl (C=O) groups is 1. The molecule has 164 valence electrons. The van der Waals surface area contributed by atoms with Gasteiger partial charge < -0.3 is 20.4 Å². The molecule has 4 rings (SSSR count). The maximum atomic E-state index is 12.9. The Labute approximate surface area is 192 Å². The van der Waals surface area contributed by atoms with Crippen molar-refractivity contribution in [2.24, 2.45) is 0 Å². The maximum absolute atomic E-state index is 12.9. The summed E-state index contributed by atoms with van der Waals surface area (Å²) in [5.41, 5.74) is 3.82. The number of nitrogens with zero attached hydrogens (tertiary/aromatic N) is 1. The third kappa shape index (κ3) is 5.21. The van der Waals surface area contributed by atoms with Crippen LogP contribution in [0.15, 0.2) is 72.8 Å². The largest absolute Gasteiger partial charge is 0.497 e. The van der Waals surface area contributed by atoms with Crippen LogP contribution in [0.2, 0.25) is 5.02 Å². The molecule has 2 atom stereocenters. The van der Waals surface area contributed by atoms with Gasteiger partial charge in [0.25, 0.3) is 0 Å². The summed E-state index contributed by atoms with van der Waals surface area (Å²) in [4.78, 5) is 20.9. The number of ether oxygens (including phenoxy) is 1. The molecule has 3 aromatic carbocycles. The zero-order valence-electron chi connectivity index (χ0n) is 17.9. The third-order valence-electron chi connectivity index (χ3n) is 5.36. The van der Waals surface area contributed by atoms with E-state index in [-0.39, 0.29) is 18.1 Å². The summed E-state index contributed by atoms with van der Waals surface area (Å²) in [6.07, 6.45) is 0.576. The number of amides is 2. The van der Waals surface area contributed by atoms with E-state index in [4.69, 9.17) is 21.3 Å². The summed E-state index contributed by atoms with van der Waals surface area (Å²) < 4.78 is 5.25. The van der Waals surface area contributed by atoms with Gasteiger partial charge >= 0.3 is 6.03 Å². The highest BCUT2D eigenvalue weighted by atomic mass is 35.5. The molecule has 4 aromatic rings. The lowest BCUT2D eigenvalue weighted by molar-refractivity contribution is 0.233. The minimum atomic E-state index is -0.340. The van der Waals surface area contributed by atoms with Gasteiger partial charge in [0.2, 0.25) is 0 Å². The van der Waals surface area contributed by atoms with Crippen LogP contribution >= 0.6 is 11.6 Å². The molecule has 0 aliphatic rings. The van der Waals surface area contributed by atoms with Crippen molar-refractivity contribution in [2.45, 2.75) is 25.4 Å². The van der Waals surface area contributed by atoms with E-state index in [2.05, 4.69) is 15.6 Å². The average molecular weight is 449 g/mol. The van der Waals surface area contributed by atoms with Gasteiger partial charge in [0.15, 0.2) is 0 Å². The first kappa shape index (κ1) is 21.7. The minimum Gasteiger partial charge on any atom is -0.497 e. The number of methoxy groups -OCH3 is 1. The Hall–Kier alpha value is -3.51. The van der Waals surface area contributed by atoms with Crippen LogP contribution in [0.3, 0.4) is 0 Å². The molecule has 0 aliphatic carbocycles. The number of urea groups is 1. The van der Waals surface area contributed by atoms with E-state index < -0.39 is 0 Å². The van der Waals surface area contributed by atoms with E-state index in [9.17, 15) is 4.79 Å². The first-order valence-corrected chi connectivity index (χ1v) is 10.8. The summed E-state index contributed by atoms with van der Waals surface area (Å²) in [6, 6.07) is 22.3. The smallest absolute Gasteiger partial charge is 0.315 e. The third-order valence-corrected chi connectivity index (χ3v) is 5.61. The van der Waals surface area contributed by atoms with E-state index in [0.717, 1.165) is 27.9 Å². The highest BCUT2D eigenvalue weighted by molar-refractivity contribution is 6.30. The molecule has 32 heavy (non-hydrogen) atoms. The normalized spacial score (nSPS) is 12.8. The molecule has 1 heterocycles. The molecule has 1 aromatic heterocycles. The second-order valence-corrected chi connectivity index (χ2v) is 8.07. The lowest BCUT2D eigenvalue weighted by atomic mass is 10.1. The van der Waals surface area contributed by atoms with Gasteiger partial charge in [-0.1, -0.05) is 48.0 Å². The van der Waals surface area contributed by atoms with Crippen molar-refractivity contribution < 1.29 is 9.53 Å². The molecular weight excluding hydrogens is 424 g/mol. The maximum Gasteiger partial charge on any atom is 0.315 e. The summed E-state index contributed by atoms with van der Waals surface area (Å²) in [5, 5.41) is 6.74. The Morgan fingerprint density at radius 1 is 1.03 bits per heavy atom. The fraction of sp³-hybridized carbons (Fsp3) is 0.200. The van der Waals surface area contributed by atoms with Crippen molar-refractivity contribution in [1.29, 1.82) is 0 Å². The Morgan fingerprint density at radius 3 is 2.44 bits per heavy atom. The lowest BCUT2D eigenvalue weighted by Gasteiger charge is -2.20. The van der Waals surface area contributed by atoms with Crippen LogP contribution in [0.1, 0.15) is 36.0 Å². The van der Waals surface area contributed by atoms with Crippen LogP contribution in [0.25, 0.3) is 11.0 Å². The van der Waals surface area contributed by atoms with Crippen LogP contribution in [0.5, 0.6) is 5.75 Å². The molecule has 0 fully saturated rings. The predicted octanol–water partition coefficient (Wildman–Crippen LogP) is 5.57. The molecular formula is C25H25ClN4O2. The van der Waals surface area contributed by atoms with Crippen molar-refractivity contribution in [3.63, 3.8) is 0 Å². The average Bonchev–Trinajstić information content (AvgIpc) is 3.24. The number of nitrogens with one attached hydrogen (secondary N) is 3. The number of aromatic amines is 1. The number of hydrogen-bond donors (Lipinski definition) is 3. The zero-order valence-corrected chi connectivity index (χ0v) is 18.7. The van der Waals surface area contributed by atoms with E-state index >= 15 is 0 Å². The zero-order chi connectivity index (χ0) is 22.5. The van der Waals surface area contributed by atoms with Crippen LogP contribution in [-0.4, -0.2) is 23.1 Å². The lowest BCUT2D eigenvalue weighted by Crippen LogP contribution is -2.40. The van der Waals surface area contributed by atoms with Gasteiger partial charge in [-0.2, -0.15) is 0 Å². The van der Waals surface area contributed by atoms with Gasteiger partial charge in [0, 0.05) is 5.02 Å². The fourth-order valence-electron chi connectivity index (χ4n) is 3.58. The molecule has 0 unspecified atom stereocenters. The number of fused-ring (bicyclic) bond motifs is 1. The topological polar surface area (TPSA) is 79.0 Å². The Bertz CT molecular complexity index is 1160. The van der Waals surface area contributed by atoms with E-state index in [1.54, 1.807) is 7.11 Å². The van der Waals surface area contributed by atoms with Crippen LogP contribution < -0.4 is 15.4 Å². The van der Waals surface area contributed by atoms with Crippen LogP contribution in [0, 0.1) is 0 Å². The molecule has 6 nitrogen and oxygen atoms in total. The number of carbonyl (C=O) groups excluding carboxylic acids is 1. The van der Waals surface area contributed by atoms with Crippen molar-refractivity contribution >= 4 is 28.7 Å². The van der Waals surface area contributed by atoms with Gasteiger partial charge in [0.1, 0.15) is 11.6 Å². The van der Waals surface area contributed by atoms with E-state index in [1.807, 2.05) is 79.7 Å². The Kier molecular flexibility index (Phi) is 6.61. The molecule has 0 saturated heterocycles. The van der Waals surface area contributed by atoms with Crippen molar-refractivity contribution in [3.8, 4) is 5.75 Å². The van der Waals surface area contributed by atoms with Crippen molar-refractivity contribution in [3.05, 3.63) is 94.8 Å². The second kappa shape index (κ2) is 9.75. The first-order valence-electron chi connectivity index (χ1n) is 10.4. The molecule has 3 N–H and O–H groups in total. The van der Waals surface area contributed by atoms with Gasteiger partial charge in [-0.15, -0.1) is 0 Å². The summed E-state index contributed by atoms with van der Waals surface area (Å²) in [5.74, 6) is 1.49. The highest BCUT2D eigenvalue weighted by Gasteiger charge is 2.20. The number of imidazole rings is 1. The Morgan fingerprint density at radius 2 is 1.75 bits per heavy atom. The summed E-state index contributed by atoms with van der Waals surface area (Å²) in [7, 11) is 1.64. The number of rotatable bonds is 7. The monoisotopic (exact) mass is 448 g/mol. The molecule has 0 radical (unpaired) electrons. The number of hydrogen-bond acceptors (Lipinski definition) is 3. The highest BCUT2D eigenvalue weighted by Crippen LogP contribution is 2.22. The molecule has 0 bridgehead atoms. The summed E-state index contributed by atoms with van der Waals surface area (Å²) in [6.45, 7) is 1.93. The Balaban J connectivity index is 1.53. The van der Waals surface area contributed by atoms with Gasteiger partial charge in [-0.05, 0) is 60.9 Å². The standard InChI is InChI=1S/C25H25ClN4O2/c1-16(18-9-11-19(26)12-10-18)27-25(31)30-23(15-17-7-13-20(32-2)14-8-17)24-28-21-5-3-4-6-22(21)29-24/h3-14,16,23H,15H2,1-2H3,(H,28,29)(H2,27,30,31)/t16-,23+/m0/s1. The molecule has 0 spiro atoms. The molecule has 2 amide bonds. The van der Waals surface area contributed by atoms with Gasteiger partial charge in [-0.25, -0.2) is 9.78 Å². The van der Waals surface area contributed by atoms with E-state index in [0.29, 0.717) is 17.3 Å². The molecule has 7 heteroatoms. The van der Waals surface area contributed by atoms with Crippen molar-refractivity contribution in [2.75, 3.05) is 7.11 Å². The van der Waals surface area contributed by atoms with Gasteiger partial charge in [0.05, 0.1) is 30.2 Å². The van der Waals surface area contributed by atoms with Gasteiger partial charge in [-0.3, -0.25) is 0 Å². The second-order valence-electron chi connectivity index (χ2n) is 7.64. The number of halogens is 1. The fourth-order valence-corrected chi connectivity index (χ4v) is 3.71.